The zero-order valence-corrected chi connectivity index (χ0v) is 27.1. The summed E-state index contributed by atoms with van der Waals surface area (Å²) in [5.41, 5.74) is -0.832. The highest BCUT2D eigenvalue weighted by atomic mass is 28.4. The Morgan fingerprint density at radius 1 is 1.07 bits per heavy atom. The molecule has 3 aliphatic rings. The Morgan fingerprint density at radius 2 is 1.82 bits per heavy atom. The molecule has 45 heavy (non-hydrogen) atoms. The summed E-state index contributed by atoms with van der Waals surface area (Å²) in [6.45, 7) is 12.8. The predicted molar refractivity (Wildman–Crippen MR) is 163 cm³/mol. The molecule has 0 radical (unpaired) electrons. The Hall–Kier alpha value is -3.45. The van der Waals surface area contributed by atoms with Crippen LogP contribution in [0.4, 0.5) is 23.4 Å². The largest absolute Gasteiger partial charge is 0.473 e. The van der Waals surface area contributed by atoms with Gasteiger partial charge in [0.2, 0.25) is 5.88 Å². The lowest BCUT2D eigenvalue weighted by atomic mass is 9.60. The van der Waals surface area contributed by atoms with E-state index in [2.05, 4.69) is 48.7 Å². The third kappa shape index (κ3) is 6.33. The minimum Gasteiger partial charge on any atom is -0.473 e. The van der Waals surface area contributed by atoms with Crippen molar-refractivity contribution in [2.45, 2.75) is 96.1 Å². The minimum atomic E-state index is -4.65. The van der Waals surface area contributed by atoms with Gasteiger partial charge < -0.3 is 18.8 Å². The lowest BCUT2D eigenvalue weighted by Gasteiger charge is -2.55. The number of rotatable bonds is 7. The maximum Gasteiger partial charge on any atom is 0.433 e. The summed E-state index contributed by atoms with van der Waals surface area (Å²) >= 11 is 0. The highest BCUT2D eigenvalue weighted by molar-refractivity contribution is 6.74. The molecule has 1 atom stereocenters. The first kappa shape index (κ1) is 31.5. The van der Waals surface area contributed by atoms with E-state index in [1.807, 2.05) is 0 Å². The number of hydrogen-bond acceptors (Lipinski definition) is 7. The van der Waals surface area contributed by atoms with Crippen LogP contribution in [-0.2, 0) is 23.8 Å². The van der Waals surface area contributed by atoms with Gasteiger partial charge in [-0.05, 0) is 73.0 Å². The van der Waals surface area contributed by atoms with E-state index in [-0.39, 0.29) is 46.2 Å². The number of nitrogens with zero attached hydrogens (tertiary/aromatic N) is 4. The number of anilines is 1. The Balaban J connectivity index is 1.07. The van der Waals surface area contributed by atoms with Gasteiger partial charge in [0.15, 0.2) is 19.9 Å². The van der Waals surface area contributed by atoms with Crippen LogP contribution < -0.4 is 20.1 Å². The highest BCUT2D eigenvalue weighted by Gasteiger charge is 2.53. The van der Waals surface area contributed by atoms with Gasteiger partial charge in [-0.15, -0.1) is 0 Å². The summed E-state index contributed by atoms with van der Waals surface area (Å²) in [6, 6.07) is 7.90. The lowest BCUT2D eigenvalue weighted by Crippen LogP contribution is -2.56. The lowest BCUT2D eigenvalue weighted by molar-refractivity contribution is -0.141. The van der Waals surface area contributed by atoms with Crippen molar-refractivity contribution in [3.05, 3.63) is 70.2 Å². The van der Waals surface area contributed by atoms with E-state index in [9.17, 15) is 22.4 Å². The van der Waals surface area contributed by atoms with Crippen molar-refractivity contribution in [3.8, 4) is 17.4 Å². The van der Waals surface area contributed by atoms with E-state index in [1.54, 1.807) is 10.6 Å². The molecule has 3 aromatic rings. The first-order valence-corrected chi connectivity index (χ1v) is 18.1. The monoisotopic (exact) mass is 646 g/mol. The molecular weight excluding hydrogens is 608 g/mol. The van der Waals surface area contributed by atoms with E-state index < -0.39 is 26.0 Å². The van der Waals surface area contributed by atoms with Gasteiger partial charge in [-0.2, -0.15) is 18.2 Å². The Kier molecular flexibility index (Phi) is 7.78. The van der Waals surface area contributed by atoms with Gasteiger partial charge in [0.1, 0.15) is 23.9 Å². The van der Waals surface area contributed by atoms with E-state index in [1.165, 1.54) is 24.3 Å². The average Bonchev–Trinajstić information content (AvgIpc) is 3.29. The Bertz CT molecular complexity index is 1650. The Morgan fingerprint density at radius 3 is 2.51 bits per heavy atom. The van der Waals surface area contributed by atoms with Gasteiger partial charge >= 0.3 is 11.9 Å². The first-order valence-electron chi connectivity index (χ1n) is 15.2. The van der Waals surface area contributed by atoms with Crippen molar-refractivity contribution in [3.63, 3.8) is 0 Å². The third-order valence-electron chi connectivity index (χ3n) is 9.87. The van der Waals surface area contributed by atoms with Crippen molar-refractivity contribution in [1.82, 2.24) is 14.5 Å². The topological polar surface area (TPSA) is 78.7 Å². The fourth-order valence-corrected chi connectivity index (χ4v) is 7.82. The van der Waals surface area contributed by atoms with Gasteiger partial charge in [0, 0.05) is 43.6 Å². The number of halogens is 4. The molecule has 1 spiro atoms. The molecule has 2 fully saturated rings. The highest BCUT2D eigenvalue weighted by Crippen LogP contribution is 2.55. The van der Waals surface area contributed by atoms with Crippen molar-refractivity contribution in [1.29, 1.82) is 0 Å². The fraction of sp³-hybridized carbons (Fsp3) is 0.531. The number of benzene rings is 1. The van der Waals surface area contributed by atoms with E-state index >= 15 is 0 Å². The van der Waals surface area contributed by atoms with Crippen LogP contribution in [0.5, 0.6) is 17.4 Å². The first-order chi connectivity index (χ1) is 21.0. The summed E-state index contributed by atoms with van der Waals surface area (Å²) in [6.07, 6.45) is 0.797. The van der Waals surface area contributed by atoms with Gasteiger partial charge in [0.25, 0.3) is 0 Å². The average molecular weight is 647 g/mol. The molecule has 6 rings (SSSR count). The predicted octanol–water partition coefficient (Wildman–Crippen LogP) is 7.32. The van der Waals surface area contributed by atoms with Gasteiger partial charge in [-0.25, -0.2) is 9.18 Å². The minimum absolute atomic E-state index is 0.0667. The van der Waals surface area contributed by atoms with Crippen LogP contribution in [0.15, 0.2) is 47.4 Å². The quantitative estimate of drug-likeness (QED) is 0.197. The second-order valence-electron chi connectivity index (χ2n) is 14.1. The van der Waals surface area contributed by atoms with E-state index in [4.69, 9.17) is 13.9 Å². The van der Waals surface area contributed by atoms with Crippen LogP contribution >= 0.6 is 0 Å². The molecule has 0 N–H and O–H groups in total. The van der Waals surface area contributed by atoms with Crippen molar-refractivity contribution in [2.24, 2.45) is 5.41 Å². The number of hydrogen-bond donors (Lipinski definition) is 0. The molecule has 0 bridgehead atoms. The standard InChI is InChI=1S/C32H38F4N4O4Si/c1-30(2,3)45(4,5)44-23-16-31(17-23)9-11-39-21(15-31)18-40-28(39)14-27(38-29(40)41)42-19-20-6-7-25(24(33)12-20)43-22-8-10-37-26(13-22)32(34,35)36/h6-8,10,12-14,21,23H,9,11,15-19H2,1-5H3. The molecule has 4 heterocycles. The Labute approximate surface area is 260 Å². The fourth-order valence-electron chi connectivity index (χ4n) is 6.47. The second-order valence-corrected chi connectivity index (χ2v) is 18.8. The molecule has 1 aliphatic carbocycles. The third-order valence-corrected chi connectivity index (χ3v) is 14.4. The second kappa shape index (κ2) is 11.1. The number of ether oxygens (including phenoxy) is 2. The number of aromatic nitrogens is 3. The number of piperidine rings is 1. The van der Waals surface area contributed by atoms with Gasteiger partial charge in [-0.1, -0.05) is 26.8 Å². The van der Waals surface area contributed by atoms with E-state index in [0.717, 1.165) is 44.2 Å². The summed E-state index contributed by atoms with van der Waals surface area (Å²) in [5, 5.41) is 0.180. The normalized spacial score (nSPS) is 23.0. The molecule has 8 nitrogen and oxygen atoms in total. The SMILES string of the molecule is CC(C)(C)[Si](C)(C)OC1CC2(CCN3c4cc(OCc5ccc(Oc6ccnc(C(F)(F)F)c6)c(F)c5)nc(=O)n4CC3C2)C1. The van der Waals surface area contributed by atoms with Gasteiger partial charge in [0.05, 0.1) is 0 Å². The number of fused-ring (bicyclic) bond motifs is 3. The van der Waals surface area contributed by atoms with Crippen LogP contribution in [0.2, 0.25) is 18.1 Å². The number of alkyl halides is 3. The molecule has 2 aromatic heterocycles. The molecule has 2 aliphatic heterocycles. The zero-order chi connectivity index (χ0) is 32.4. The maximum atomic E-state index is 14.8. The van der Waals surface area contributed by atoms with Crippen LogP contribution in [0.1, 0.15) is 57.7 Å². The van der Waals surface area contributed by atoms with E-state index in [0.29, 0.717) is 24.3 Å². The molecule has 13 heteroatoms. The smallest absolute Gasteiger partial charge is 0.433 e. The van der Waals surface area contributed by atoms with Crippen molar-refractivity contribution >= 4 is 14.1 Å². The molecule has 0 amide bonds. The summed E-state index contributed by atoms with van der Waals surface area (Å²) in [5.74, 6) is -0.284. The molecule has 1 saturated carbocycles. The summed E-state index contributed by atoms with van der Waals surface area (Å²) in [4.78, 5) is 22.6. The van der Waals surface area contributed by atoms with Crippen molar-refractivity contribution in [2.75, 3.05) is 11.4 Å². The number of pyridine rings is 1. The van der Waals surface area contributed by atoms with Gasteiger partial charge in [-0.3, -0.25) is 9.55 Å². The molecule has 1 unspecified atom stereocenters. The summed E-state index contributed by atoms with van der Waals surface area (Å²) < 4.78 is 73.1. The van der Waals surface area contributed by atoms with Crippen LogP contribution in [0.3, 0.4) is 0 Å². The zero-order valence-electron chi connectivity index (χ0n) is 26.1. The molecule has 1 aromatic carbocycles. The van der Waals surface area contributed by atoms with Crippen LogP contribution in [0.25, 0.3) is 0 Å². The molecule has 242 valence electrons. The molecular formula is C32H38F4N4O4Si. The maximum absolute atomic E-state index is 14.8. The van der Waals surface area contributed by atoms with Crippen LogP contribution in [0, 0.1) is 11.2 Å². The summed E-state index contributed by atoms with van der Waals surface area (Å²) in [7, 11) is -1.81. The van der Waals surface area contributed by atoms with Crippen molar-refractivity contribution < 1.29 is 31.5 Å². The molecule has 1 saturated heterocycles. The van der Waals surface area contributed by atoms with Crippen LogP contribution in [-0.4, -0.2) is 41.5 Å².